The molecule has 0 radical (unpaired) electrons. The summed E-state index contributed by atoms with van der Waals surface area (Å²) < 4.78 is 0. The Balaban J connectivity index is 2.64. The first kappa shape index (κ1) is 13.0. The van der Waals surface area contributed by atoms with Crippen molar-refractivity contribution in [2.45, 2.75) is 6.92 Å². The highest BCUT2D eigenvalue weighted by Crippen LogP contribution is 2.37. The first-order chi connectivity index (χ1) is 7.99. The van der Waals surface area contributed by atoms with Gasteiger partial charge in [-0.15, -0.1) is 0 Å². The third-order valence-electron chi connectivity index (χ3n) is 2.48. The second-order valence-corrected chi connectivity index (χ2v) is 5.34. The van der Waals surface area contributed by atoms with E-state index in [1.165, 1.54) is 0 Å². The Morgan fingerprint density at radius 3 is 2.18 bits per heavy atom. The zero-order valence-electron chi connectivity index (χ0n) is 8.90. The molecular formula is C13H8Cl4. The monoisotopic (exact) mass is 304 g/mol. The molecule has 0 spiro atoms. The van der Waals surface area contributed by atoms with Gasteiger partial charge in [0.05, 0.1) is 10.0 Å². The number of halogens is 4. The quantitative estimate of drug-likeness (QED) is 0.544. The standard InChI is InChI=1S/C13H8Cl4/c1-7-2-3-8(4-11(7)15)10-5-9(14)6-12(16)13(10)17/h2-6H,1H3. The van der Waals surface area contributed by atoms with E-state index in [0.29, 0.717) is 20.1 Å². The third kappa shape index (κ3) is 2.71. The maximum absolute atomic E-state index is 6.16. The highest BCUT2D eigenvalue weighted by atomic mass is 35.5. The van der Waals surface area contributed by atoms with Crippen molar-refractivity contribution in [2.75, 3.05) is 0 Å². The zero-order valence-corrected chi connectivity index (χ0v) is 11.9. The van der Waals surface area contributed by atoms with Crippen LogP contribution in [0.5, 0.6) is 0 Å². The molecule has 2 rings (SSSR count). The number of rotatable bonds is 1. The third-order valence-corrected chi connectivity index (χ3v) is 3.90. The lowest BCUT2D eigenvalue weighted by Gasteiger charge is -2.08. The van der Waals surface area contributed by atoms with Crippen LogP contribution < -0.4 is 0 Å². The molecule has 0 atom stereocenters. The number of hydrogen-bond donors (Lipinski definition) is 0. The molecule has 0 aliphatic heterocycles. The zero-order chi connectivity index (χ0) is 12.6. The molecule has 0 nitrogen and oxygen atoms in total. The molecule has 2 aromatic rings. The highest BCUT2D eigenvalue weighted by Gasteiger charge is 2.10. The van der Waals surface area contributed by atoms with Gasteiger partial charge >= 0.3 is 0 Å². The fraction of sp³-hybridized carbons (Fsp3) is 0.0769. The van der Waals surface area contributed by atoms with Gasteiger partial charge < -0.3 is 0 Å². The molecule has 0 amide bonds. The van der Waals surface area contributed by atoms with Crippen LogP contribution in [0.25, 0.3) is 11.1 Å². The molecule has 0 saturated carbocycles. The molecule has 0 bridgehead atoms. The fourth-order valence-corrected chi connectivity index (χ4v) is 2.42. The van der Waals surface area contributed by atoms with Crippen LogP contribution in [0.2, 0.25) is 20.1 Å². The average molecular weight is 306 g/mol. The van der Waals surface area contributed by atoms with Crippen molar-refractivity contribution in [1.29, 1.82) is 0 Å². The SMILES string of the molecule is Cc1ccc(-c2cc(Cl)cc(Cl)c2Cl)cc1Cl. The van der Waals surface area contributed by atoms with Crippen LogP contribution in [0.4, 0.5) is 0 Å². The van der Waals surface area contributed by atoms with Gasteiger partial charge in [0.15, 0.2) is 0 Å². The van der Waals surface area contributed by atoms with Crippen LogP contribution in [-0.4, -0.2) is 0 Å². The molecule has 0 aromatic heterocycles. The molecule has 0 heterocycles. The predicted molar refractivity (Wildman–Crippen MR) is 76.7 cm³/mol. The van der Waals surface area contributed by atoms with E-state index in [4.69, 9.17) is 46.4 Å². The highest BCUT2D eigenvalue weighted by molar-refractivity contribution is 6.45. The Labute approximate surface area is 120 Å². The summed E-state index contributed by atoms with van der Waals surface area (Å²) in [4.78, 5) is 0. The van der Waals surface area contributed by atoms with E-state index >= 15 is 0 Å². The van der Waals surface area contributed by atoms with Gasteiger partial charge in [-0.2, -0.15) is 0 Å². The minimum Gasteiger partial charge on any atom is -0.0843 e. The van der Waals surface area contributed by atoms with Crippen LogP contribution in [0.3, 0.4) is 0 Å². The largest absolute Gasteiger partial charge is 0.0843 e. The fourth-order valence-electron chi connectivity index (χ4n) is 1.53. The van der Waals surface area contributed by atoms with Gasteiger partial charge in [-0.05, 0) is 36.2 Å². The summed E-state index contributed by atoms with van der Waals surface area (Å²) in [6.07, 6.45) is 0. The van der Waals surface area contributed by atoms with Crippen molar-refractivity contribution in [3.63, 3.8) is 0 Å². The first-order valence-corrected chi connectivity index (χ1v) is 6.41. The predicted octanol–water partition coefficient (Wildman–Crippen LogP) is 6.28. The molecular weight excluding hydrogens is 298 g/mol. The second kappa shape index (κ2) is 5.07. The summed E-state index contributed by atoms with van der Waals surface area (Å²) in [5.74, 6) is 0. The van der Waals surface area contributed by atoms with Crippen molar-refractivity contribution >= 4 is 46.4 Å². The van der Waals surface area contributed by atoms with Gasteiger partial charge in [-0.25, -0.2) is 0 Å². The van der Waals surface area contributed by atoms with E-state index in [2.05, 4.69) is 0 Å². The second-order valence-electron chi connectivity index (χ2n) is 3.71. The molecule has 88 valence electrons. The molecule has 2 aromatic carbocycles. The van der Waals surface area contributed by atoms with E-state index in [1.54, 1.807) is 12.1 Å². The van der Waals surface area contributed by atoms with Gasteiger partial charge in [-0.1, -0.05) is 58.5 Å². The Morgan fingerprint density at radius 2 is 1.53 bits per heavy atom. The summed E-state index contributed by atoms with van der Waals surface area (Å²) in [7, 11) is 0. The van der Waals surface area contributed by atoms with Crippen LogP contribution in [0, 0.1) is 6.92 Å². The topological polar surface area (TPSA) is 0 Å². The van der Waals surface area contributed by atoms with Crippen molar-refractivity contribution in [2.24, 2.45) is 0 Å². The van der Waals surface area contributed by atoms with Crippen molar-refractivity contribution in [1.82, 2.24) is 0 Å². The Kier molecular flexibility index (Phi) is 3.89. The van der Waals surface area contributed by atoms with Crippen molar-refractivity contribution < 1.29 is 0 Å². The number of benzene rings is 2. The van der Waals surface area contributed by atoms with Crippen molar-refractivity contribution in [3.8, 4) is 11.1 Å². The molecule has 0 unspecified atom stereocenters. The van der Waals surface area contributed by atoms with Gasteiger partial charge in [0.2, 0.25) is 0 Å². The van der Waals surface area contributed by atoms with E-state index in [9.17, 15) is 0 Å². The molecule has 4 heteroatoms. The Morgan fingerprint density at radius 1 is 0.824 bits per heavy atom. The lowest BCUT2D eigenvalue weighted by Crippen LogP contribution is -1.83. The smallest absolute Gasteiger partial charge is 0.0671 e. The lowest BCUT2D eigenvalue weighted by atomic mass is 10.0. The maximum Gasteiger partial charge on any atom is 0.0671 e. The van der Waals surface area contributed by atoms with E-state index in [-0.39, 0.29) is 0 Å². The Bertz CT molecular complexity index is 576. The average Bonchev–Trinajstić information content (AvgIpc) is 2.27. The molecule has 0 aliphatic rings. The molecule has 17 heavy (non-hydrogen) atoms. The van der Waals surface area contributed by atoms with Gasteiger partial charge in [0.25, 0.3) is 0 Å². The van der Waals surface area contributed by atoms with Gasteiger partial charge in [-0.3, -0.25) is 0 Å². The summed E-state index contributed by atoms with van der Waals surface area (Å²) in [5.41, 5.74) is 2.70. The normalized spacial score (nSPS) is 10.6. The van der Waals surface area contributed by atoms with E-state index in [1.807, 2.05) is 25.1 Å². The summed E-state index contributed by atoms with van der Waals surface area (Å²) in [6.45, 7) is 1.94. The van der Waals surface area contributed by atoms with Gasteiger partial charge in [0, 0.05) is 15.6 Å². The van der Waals surface area contributed by atoms with E-state index < -0.39 is 0 Å². The van der Waals surface area contributed by atoms with E-state index in [0.717, 1.165) is 16.7 Å². The molecule has 0 saturated heterocycles. The summed E-state index contributed by atoms with van der Waals surface area (Å²) >= 11 is 24.2. The summed E-state index contributed by atoms with van der Waals surface area (Å²) in [5, 5.41) is 2.16. The van der Waals surface area contributed by atoms with Crippen LogP contribution in [0.1, 0.15) is 5.56 Å². The number of aryl methyl sites for hydroxylation is 1. The minimum atomic E-state index is 0.436. The molecule has 0 aliphatic carbocycles. The van der Waals surface area contributed by atoms with Crippen LogP contribution >= 0.6 is 46.4 Å². The van der Waals surface area contributed by atoms with Gasteiger partial charge in [0.1, 0.15) is 0 Å². The van der Waals surface area contributed by atoms with Crippen LogP contribution in [-0.2, 0) is 0 Å². The molecule has 0 fully saturated rings. The van der Waals surface area contributed by atoms with Crippen LogP contribution in [0.15, 0.2) is 30.3 Å². The Hall–Kier alpha value is -0.400. The minimum absolute atomic E-state index is 0.436. The lowest BCUT2D eigenvalue weighted by molar-refractivity contribution is 1.47. The number of hydrogen-bond acceptors (Lipinski definition) is 0. The maximum atomic E-state index is 6.16. The first-order valence-electron chi connectivity index (χ1n) is 4.90. The summed E-state index contributed by atoms with van der Waals surface area (Å²) in [6, 6.07) is 9.12. The van der Waals surface area contributed by atoms with Crippen molar-refractivity contribution in [3.05, 3.63) is 56.0 Å². The molecule has 0 N–H and O–H groups in total.